The van der Waals surface area contributed by atoms with Crippen LogP contribution in [0.3, 0.4) is 0 Å². The molecule has 0 spiro atoms. The molecule has 1 saturated heterocycles. The Morgan fingerprint density at radius 2 is 1.93 bits per heavy atom. The number of carbonyl (C=O) groups excluding carboxylic acids is 1. The van der Waals surface area contributed by atoms with Crippen LogP contribution in [-0.2, 0) is 6.42 Å². The second-order valence-corrected chi connectivity index (χ2v) is 8.18. The molecule has 2 aromatic carbocycles. The number of hydrogen-bond donors (Lipinski definition) is 0. The minimum absolute atomic E-state index is 0.0243. The number of nitrogens with zero attached hydrogens (tertiary/aromatic N) is 1. The molecule has 0 aromatic heterocycles. The lowest BCUT2D eigenvalue weighted by atomic mass is 10.0. The first-order valence-corrected chi connectivity index (χ1v) is 10.7. The lowest BCUT2D eigenvalue weighted by Gasteiger charge is -2.24. The van der Waals surface area contributed by atoms with E-state index < -0.39 is 0 Å². The zero-order chi connectivity index (χ0) is 18.6. The molecule has 27 heavy (non-hydrogen) atoms. The van der Waals surface area contributed by atoms with Crippen LogP contribution in [0.5, 0.6) is 11.5 Å². The molecule has 2 aliphatic heterocycles. The van der Waals surface area contributed by atoms with Crippen LogP contribution in [0.15, 0.2) is 42.5 Å². The van der Waals surface area contributed by atoms with Gasteiger partial charge in [-0.25, -0.2) is 0 Å². The summed E-state index contributed by atoms with van der Waals surface area (Å²) in [7, 11) is 0. The van der Waals surface area contributed by atoms with Gasteiger partial charge in [-0.3, -0.25) is 4.79 Å². The molecular weight excluding hydrogens is 358 g/mol. The van der Waals surface area contributed by atoms with Gasteiger partial charge in [-0.2, -0.15) is 0 Å². The van der Waals surface area contributed by atoms with Gasteiger partial charge in [0.1, 0.15) is 5.37 Å². The van der Waals surface area contributed by atoms with Crippen LogP contribution >= 0.6 is 11.8 Å². The SMILES string of the molecule is CCCCCc1ccc(C(=O)N2CCSC2c2ccc3c(c2)OCO3)cc1. The van der Waals surface area contributed by atoms with Crippen molar-refractivity contribution in [3.05, 3.63) is 59.2 Å². The molecule has 4 rings (SSSR count). The number of fused-ring (bicyclic) bond motifs is 1. The van der Waals surface area contributed by atoms with E-state index >= 15 is 0 Å². The van der Waals surface area contributed by atoms with E-state index in [0.29, 0.717) is 0 Å². The minimum Gasteiger partial charge on any atom is -0.454 e. The Balaban J connectivity index is 1.47. The highest BCUT2D eigenvalue weighted by molar-refractivity contribution is 7.99. The quantitative estimate of drug-likeness (QED) is 0.656. The summed E-state index contributed by atoms with van der Waals surface area (Å²) in [6.07, 6.45) is 4.77. The molecule has 1 unspecified atom stereocenters. The molecule has 142 valence electrons. The maximum absolute atomic E-state index is 13.1. The van der Waals surface area contributed by atoms with Gasteiger partial charge < -0.3 is 14.4 Å². The van der Waals surface area contributed by atoms with Crippen molar-refractivity contribution in [3.8, 4) is 11.5 Å². The molecule has 1 fully saturated rings. The van der Waals surface area contributed by atoms with Crippen LogP contribution in [-0.4, -0.2) is 29.9 Å². The average molecular weight is 384 g/mol. The van der Waals surface area contributed by atoms with E-state index in [2.05, 4.69) is 19.1 Å². The lowest BCUT2D eigenvalue weighted by molar-refractivity contribution is 0.0760. The first kappa shape index (κ1) is 18.2. The number of carbonyl (C=O) groups is 1. The minimum atomic E-state index is 0.0243. The molecule has 5 heteroatoms. The second-order valence-electron chi connectivity index (χ2n) is 6.99. The first-order chi connectivity index (χ1) is 13.3. The molecule has 2 aliphatic rings. The average Bonchev–Trinajstić information content (AvgIpc) is 3.37. The van der Waals surface area contributed by atoms with E-state index in [1.165, 1.54) is 24.8 Å². The summed E-state index contributed by atoms with van der Waals surface area (Å²) < 4.78 is 10.9. The molecular formula is C22H25NO3S. The first-order valence-electron chi connectivity index (χ1n) is 9.67. The Labute approximate surface area is 164 Å². The number of rotatable bonds is 6. The third-order valence-corrected chi connectivity index (χ3v) is 6.36. The summed E-state index contributed by atoms with van der Waals surface area (Å²) in [6.45, 7) is 3.25. The molecule has 4 nitrogen and oxygen atoms in total. The Hall–Kier alpha value is -2.14. The van der Waals surface area contributed by atoms with Gasteiger partial charge >= 0.3 is 0 Å². The van der Waals surface area contributed by atoms with E-state index in [1.807, 2.05) is 35.2 Å². The van der Waals surface area contributed by atoms with E-state index in [4.69, 9.17) is 9.47 Å². The van der Waals surface area contributed by atoms with Gasteiger partial charge in [0, 0.05) is 17.9 Å². The Morgan fingerprint density at radius 1 is 1.11 bits per heavy atom. The predicted octanol–water partition coefficient (Wildman–Crippen LogP) is 5.04. The maximum atomic E-state index is 13.1. The highest BCUT2D eigenvalue weighted by Gasteiger charge is 2.32. The molecule has 1 atom stereocenters. The summed E-state index contributed by atoms with van der Waals surface area (Å²) in [5, 5.41) is 0.0243. The van der Waals surface area contributed by atoms with Crippen LogP contribution in [0, 0.1) is 0 Å². The number of benzene rings is 2. The molecule has 2 heterocycles. The summed E-state index contributed by atoms with van der Waals surface area (Å²) in [6, 6.07) is 14.1. The smallest absolute Gasteiger partial charge is 0.255 e. The fourth-order valence-corrected chi connectivity index (χ4v) is 4.83. The van der Waals surface area contributed by atoms with Crippen molar-refractivity contribution in [3.63, 3.8) is 0 Å². The zero-order valence-electron chi connectivity index (χ0n) is 15.6. The summed E-state index contributed by atoms with van der Waals surface area (Å²) in [4.78, 5) is 15.1. The second kappa shape index (κ2) is 8.26. The van der Waals surface area contributed by atoms with Gasteiger partial charge in [0.2, 0.25) is 6.79 Å². The fraction of sp³-hybridized carbons (Fsp3) is 0.409. The number of unbranched alkanes of at least 4 members (excludes halogenated alkanes) is 2. The Bertz CT molecular complexity index is 806. The summed E-state index contributed by atoms with van der Waals surface area (Å²) in [5.74, 6) is 2.59. The van der Waals surface area contributed by atoms with Gasteiger partial charge in [-0.1, -0.05) is 38.0 Å². The number of hydrogen-bond acceptors (Lipinski definition) is 4. The van der Waals surface area contributed by atoms with Gasteiger partial charge in [-0.15, -0.1) is 11.8 Å². The van der Waals surface area contributed by atoms with Gasteiger partial charge in [0.05, 0.1) is 0 Å². The zero-order valence-corrected chi connectivity index (χ0v) is 16.5. The van der Waals surface area contributed by atoms with Crippen molar-refractivity contribution >= 4 is 17.7 Å². The van der Waals surface area contributed by atoms with Crippen molar-refractivity contribution in [2.45, 2.75) is 38.0 Å². The van der Waals surface area contributed by atoms with Gasteiger partial charge in [-0.05, 0) is 48.2 Å². The third kappa shape index (κ3) is 3.93. The van der Waals surface area contributed by atoms with Crippen LogP contribution in [0.2, 0.25) is 0 Å². The molecule has 0 radical (unpaired) electrons. The van der Waals surface area contributed by atoms with Crippen molar-refractivity contribution in [2.24, 2.45) is 0 Å². The fourth-order valence-electron chi connectivity index (χ4n) is 3.58. The Kier molecular flexibility index (Phi) is 5.58. The largest absolute Gasteiger partial charge is 0.454 e. The highest BCUT2D eigenvalue weighted by Crippen LogP contribution is 2.42. The van der Waals surface area contributed by atoms with Crippen LogP contribution in [0.1, 0.15) is 53.0 Å². The highest BCUT2D eigenvalue weighted by atomic mass is 32.2. The summed E-state index contributed by atoms with van der Waals surface area (Å²) >= 11 is 1.80. The number of aryl methyl sites for hydroxylation is 1. The standard InChI is InChI=1S/C22H25NO3S/c1-2-3-4-5-16-6-8-17(9-7-16)21(24)23-12-13-27-22(23)18-10-11-19-20(14-18)26-15-25-19/h6-11,14,22H,2-5,12-13,15H2,1H3. The Morgan fingerprint density at radius 3 is 2.74 bits per heavy atom. The number of ether oxygens (including phenoxy) is 2. The van der Waals surface area contributed by atoms with Crippen LogP contribution in [0.4, 0.5) is 0 Å². The lowest BCUT2D eigenvalue weighted by Crippen LogP contribution is -2.30. The molecule has 2 aromatic rings. The topological polar surface area (TPSA) is 38.8 Å². The van der Waals surface area contributed by atoms with Crippen LogP contribution in [0.25, 0.3) is 0 Å². The van der Waals surface area contributed by atoms with Crippen molar-refractivity contribution < 1.29 is 14.3 Å². The van der Waals surface area contributed by atoms with E-state index in [1.54, 1.807) is 11.8 Å². The molecule has 0 saturated carbocycles. The van der Waals surface area contributed by atoms with Crippen molar-refractivity contribution in [1.29, 1.82) is 0 Å². The monoisotopic (exact) mass is 383 g/mol. The van der Waals surface area contributed by atoms with E-state index in [0.717, 1.165) is 41.3 Å². The third-order valence-electron chi connectivity index (χ3n) is 5.10. The number of amides is 1. The molecule has 0 aliphatic carbocycles. The van der Waals surface area contributed by atoms with Gasteiger partial charge in [0.15, 0.2) is 11.5 Å². The van der Waals surface area contributed by atoms with E-state index in [-0.39, 0.29) is 18.1 Å². The molecule has 1 amide bonds. The maximum Gasteiger partial charge on any atom is 0.255 e. The predicted molar refractivity (Wildman–Crippen MR) is 108 cm³/mol. The molecule has 0 N–H and O–H groups in total. The van der Waals surface area contributed by atoms with Crippen LogP contribution < -0.4 is 9.47 Å². The molecule has 0 bridgehead atoms. The summed E-state index contributed by atoms with van der Waals surface area (Å²) in [5.41, 5.74) is 3.16. The van der Waals surface area contributed by atoms with Crippen molar-refractivity contribution in [1.82, 2.24) is 4.90 Å². The van der Waals surface area contributed by atoms with Crippen molar-refractivity contribution in [2.75, 3.05) is 19.1 Å². The van der Waals surface area contributed by atoms with E-state index in [9.17, 15) is 4.79 Å². The number of thioether (sulfide) groups is 1. The normalized spacial score (nSPS) is 18.1. The van der Waals surface area contributed by atoms with Gasteiger partial charge in [0.25, 0.3) is 5.91 Å².